The van der Waals surface area contributed by atoms with Gasteiger partial charge in [0.05, 0.1) is 11.4 Å². The lowest BCUT2D eigenvalue weighted by Crippen LogP contribution is -1.95. The first-order chi connectivity index (χ1) is 11.2. The molecule has 0 saturated carbocycles. The molecular formula is C17H12FN5. The molecule has 0 unspecified atom stereocenters. The van der Waals surface area contributed by atoms with Gasteiger partial charge in [-0.3, -0.25) is 4.98 Å². The molecule has 3 aromatic heterocycles. The van der Waals surface area contributed by atoms with Crippen LogP contribution in [0.1, 0.15) is 5.82 Å². The maximum atomic E-state index is 13.6. The molecule has 0 aliphatic rings. The molecule has 1 aromatic carbocycles. The smallest absolute Gasteiger partial charge is 0.198 e. The van der Waals surface area contributed by atoms with Crippen LogP contribution >= 0.6 is 0 Å². The Morgan fingerprint density at radius 3 is 2.48 bits per heavy atom. The first kappa shape index (κ1) is 13.5. The summed E-state index contributed by atoms with van der Waals surface area (Å²) in [4.78, 5) is 20.7. The Labute approximate surface area is 131 Å². The molecular weight excluding hydrogens is 293 g/mol. The molecule has 0 saturated heterocycles. The van der Waals surface area contributed by atoms with Crippen LogP contribution in [0.25, 0.3) is 33.8 Å². The zero-order valence-corrected chi connectivity index (χ0v) is 12.3. The van der Waals surface area contributed by atoms with Gasteiger partial charge in [-0.25, -0.2) is 19.3 Å². The summed E-state index contributed by atoms with van der Waals surface area (Å²) in [5.41, 5.74) is 3.89. The number of imidazole rings is 1. The first-order valence-electron chi connectivity index (χ1n) is 7.11. The minimum absolute atomic E-state index is 0.316. The molecule has 0 atom stereocenters. The maximum absolute atomic E-state index is 13.6. The number of fused-ring (bicyclic) bond motifs is 1. The van der Waals surface area contributed by atoms with Gasteiger partial charge in [-0.15, -0.1) is 0 Å². The van der Waals surface area contributed by atoms with Gasteiger partial charge < -0.3 is 4.98 Å². The predicted molar refractivity (Wildman–Crippen MR) is 85.0 cm³/mol. The third-order valence-electron chi connectivity index (χ3n) is 3.50. The molecule has 3 heterocycles. The fourth-order valence-electron chi connectivity index (χ4n) is 2.49. The summed E-state index contributed by atoms with van der Waals surface area (Å²) in [5.74, 6) is 0.417. The van der Waals surface area contributed by atoms with E-state index in [1.807, 2.05) is 25.1 Å². The summed E-state index contributed by atoms with van der Waals surface area (Å²) in [6.07, 6.45) is 3.38. The second-order valence-corrected chi connectivity index (χ2v) is 5.16. The number of halogens is 1. The van der Waals surface area contributed by atoms with Crippen LogP contribution in [0.4, 0.5) is 4.39 Å². The second kappa shape index (κ2) is 5.24. The summed E-state index contributed by atoms with van der Waals surface area (Å²) in [5, 5.41) is 0. The van der Waals surface area contributed by atoms with Gasteiger partial charge >= 0.3 is 0 Å². The first-order valence-corrected chi connectivity index (χ1v) is 7.11. The third-order valence-corrected chi connectivity index (χ3v) is 3.50. The van der Waals surface area contributed by atoms with E-state index in [1.165, 1.54) is 12.1 Å². The van der Waals surface area contributed by atoms with Crippen LogP contribution in [-0.2, 0) is 0 Å². The van der Waals surface area contributed by atoms with E-state index >= 15 is 0 Å². The van der Waals surface area contributed by atoms with Crippen molar-refractivity contribution < 1.29 is 4.39 Å². The molecule has 1 N–H and O–H groups in total. The fourth-order valence-corrected chi connectivity index (χ4v) is 2.49. The lowest BCUT2D eigenvalue weighted by atomic mass is 10.0. The van der Waals surface area contributed by atoms with E-state index in [-0.39, 0.29) is 5.82 Å². The number of aromatic nitrogens is 5. The van der Waals surface area contributed by atoms with Crippen LogP contribution in [0.5, 0.6) is 0 Å². The monoisotopic (exact) mass is 305 g/mol. The van der Waals surface area contributed by atoms with Crippen molar-refractivity contribution in [3.8, 4) is 22.5 Å². The van der Waals surface area contributed by atoms with E-state index in [9.17, 15) is 4.39 Å². The summed E-state index contributed by atoms with van der Waals surface area (Å²) in [7, 11) is 0. The van der Waals surface area contributed by atoms with Crippen molar-refractivity contribution in [1.29, 1.82) is 0 Å². The summed E-state index contributed by atoms with van der Waals surface area (Å²) < 4.78 is 13.6. The number of hydrogen-bond donors (Lipinski definition) is 1. The number of nitrogens with one attached hydrogen (secondary N) is 1. The van der Waals surface area contributed by atoms with Crippen molar-refractivity contribution in [2.24, 2.45) is 0 Å². The van der Waals surface area contributed by atoms with E-state index in [0.29, 0.717) is 28.2 Å². The minimum atomic E-state index is -0.316. The molecule has 0 aliphatic heterocycles. The van der Waals surface area contributed by atoms with Crippen molar-refractivity contribution in [2.75, 3.05) is 0 Å². The molecule has 4 rings (SSSR count). The van der Waals surface area contributed by atoms with E-state index in [4.69, 9.17) is 0 Å². The Kier molecular flexibility index (Phi) is 3.08. The molecule has 0 fully saturated rings. The van der Waals surface area contributed by atoms with Crippen LogP contribution < -0.4 is 0 Å². The second-order valence-electron chi connectivity index (χ2n) is 5.16. The highest BCUT2D eigenvalue weighted by Gasteiger charge is 2.15. The Balaban J connectivity index is 2.04. The average Bonchev–Trinajstić information content (AvgIpc) is 2.93. The standard InChI is InChI=1S/C17H12FN5/c1-10-20-16-17(21-10)23-15(12-3-2-4-13(18)9-12)14(22-16)11-5-7-19-8-6-11/h2-9H,1H3,(H,20,21,22,23). The fraction of sp³-hybridized carbons (Fsp3) is 0.0588. The zero-order valence-electron chi connectivity index (χ0n) is 12.3. The highest BCUT2D eigenvalue weighted by Crippen LogP contribution is 2.30. The number of aromatic amines is 1. The molecule has 0 amide bonds. The number of rotatable bonds is 2. The molecule has 6 heteroatoms. The van der Waals surface area contributed by atoms with Crippen molar-refractivity contribution in [1.82, 2.24) is 24.9 Å². The zero-order chi connectivity index (χ0) is 15.8. The number of hydrogen-bond acceptors (Lipinski definition) is 4. The van der Waals surface area contributed by atoms with Gasteiger partial charge in [-0.05, 0) is 31.2 Å². The van der Waals surface area contributed by atoms with Gasteiger partial charge in [0.2, 0.25) is 0 Å². The predicted octanol–water partition coefficient (Wildman–Crippen LogP) is 3.53. The third kappa shape index (κ3) is 2.44. The minimum Gasteiger partial charge on any atom is -0.325 e. The molecule has 0 aliphatic carbocycles. The lowest BCUT2D eigenvalue weighted by Gasteiger charge is -2.08. The van der Waals surface area contributed by atoms with Crippen LogP contribution in [-0.4, -0.2) is 24.9 Å². The molecule has 0 bridgehead atoms. The van der Waals surface area contributed by atoms with Gasteiger partial charge in [0.25, 0.3) is 0 Å². The van der Waals surface area contributed by atoms with E-state index in [1.54, 1.807) is 18.5 Å². The largest absolute Gasteiger partial charge is 0.325 e. The number of nitrogens with zero attached hydrogens (tertiary/aromatic N) is 4. The number of pyridine rings is 1. The summed E-state index contributed by atoms with van der Waals surface area (Å²) in [6, 6.07) is 10.0. The van der Waals surface area contributed by atoms with Crippen LogP contribution in [0, 0.1) is 12.7 Å². The lowest BCUT2D eigenvalue weighted by molar-refractivity contribution is 0.628. The number of benzene rings is 1. The van der Waals surface area contributed by atoms with Crippen molar-refractivity contribution in [3.63, 3.8) is 0 Å². The molecule has 0 spiro atoms. The van der Waals surface area contributed by atoms with Gasteiger partial charge in [-0.2, -0.15) is 0 Å². The van der Waals surface area contributed by atoms with Gasteiger partial charge in [-0.1, -0.05) is 12.1 Å². The number of H-pyrrole nitrogens is 1. The van der Waals surface area contributed by atoms with E-state index in [0.717, 1.165) is 11.4 Å². The van der Waals surface area contributed by atoms with Crippen LogP contribution in [0.15, 0.2) is 48.8 Å². The Hall–Kier alpha value is -3.15. The summed E-state index contributed by atoms with van der Waals surface area (Å²) in [6.45, 7) is 1.84. The van der Waals surface area contributed by atoms with Gasteiger partial charge in [0.15, 0.2) is 11.3 Å². The molecule has 5 nitrogen and oxygen atoms in total. The molecule has 4 aromatic rings. The topological polar surface area (TPSA) is 67.3 Å². The van der Waals surface area contributed by atoms with Crippen molar-refractivity contribution in [2.45, 2.75) is 6.92 Å². The van der Waals surface area contributed by atoms with Crippen LogP contribution in [0.2, 0.25) is 0 Å². The normalized spacial score (nSPS) is 11.0. The number of aryl methyl sites for hydroxylation is 1. The van der Waals surface area contributed by atoms with Crippen molar-refractivity contribution in [3.05, 3.63) is 60.4 Å². The van der Waals surface area contributed by atoms with Crippen molar-refractivity contribution >= 4 is 11.3 Å². The average molecular weight is 305 g/mol. The SMILES string of the molecule is Cc1nc2nc(-c3cccc(F)c3)c(-c3ccncc3)nc2[nH]1. The Bertz CT molecular complexity index is 994. The Morgan fingerprint density at radius 2 is 1.70 bits per heavy atom. The summed E-state index contributed by atoms with van der Waals surface area (Å²) >= 11 is 0. The van der Waals surface area contributed by atoms with Gasteiger partial charge in [0.1, 0.15) is 11.6 Å². The molecule has 112 valence electrons. The Morgan fingerprint density at radius 1 is 0.913 bits per heavy atom. The maximum Gasteiger partial charge on any atom is 0.198 e. The van der Waals surface area contributed by atoms with E-state index < -0.39 is 0 Å². The van der Waals surface area contributed by atoms with Crippen LogP contribution in [0.3, 0.4) is 0 Å². The highest BCUT2D eigenvalue weighted by atomic mass is 19.1. The molecule has 0 radical (unpaired) electrons. The van der Waals surface area contributed by atoms with E-state index in [2.05, 4.69) is 24.9 Å². The van der Waals surface area contributed by atoms with Gasteiger partial charge in [0, 0.05) is 23.5 Å². The quantitative estimate of drug-likeness (QED) is 0.615. The molecule has 23 heavy (non-hydrogen) atoms. The highest BCUT2D eigenvalue weighted by molar-refractivity contribution is 5.83.